The first-order valence-electron chi connectivity index (χ1n) is 2.24. The molecule has 1 heterocycles. The fourth-order valence-electron chi connectivity index (χ4n) is 0.525. The second-order valence-corrected chi connectivity index (χ2v) is 1.64. The normalized spacial score (nSPS) is 8.25. The molecule has 0 unspecified atom stereocenters. The van der Waals surface area contributed by atoms with E-state index in [4.69, 9.17) is 4.42 Å². The molecule has 0 fully saturated rings. The summed E-state index contributed by atoms with van der Waals surface area (Å²) < 4.78 is 4.84. The van der Waals surface area contributed by atoms with Crippen molar-refractivity contribution in [3.05, 3.63) is 23.7 Å². The van der Waals surface area contributed by atoms with E-state index in [1.807, 2.05) is 19.9 Å². The van der Waals surface area contributed by atoms with Gasteiger partial charge < -0.3 is 4.42 Å². The molecule has 0 saturated carbocycles. The predicted molar refractivity (Wildman–Crippen MR) is 27.0 cm³/mol. The maximum Gasteiger partial charge on any atom is 0 e. The molecule has 0 aromatic carbocycles. The standard InChI is InChI=1S/C6H7O.V/c1-5-3-6(2)7-4-5;/h3H,1-2H3;/q-1;. The average Bonchev–Trinajstić information content (AvgIpc) is 1.87. The van der Waals surface area contributed by atoms with Crippen molar-refractivity contribution in [1.82, 2.24) is 0 Å². The maximum atomic E-state index is 4.84. The Balaban J connectivity index is 0.000000490. The van der Waals surface area contributed by atoms with Crippen LogP contribution in [0.25, 0.3) is 0 Å². The Kier molecular flexibility index (Phi) is 2.95. The molecule has 1 rings (SSSR count). The van der Waals surface area contributed by atoms with Gasteiger partial charge in [0.1, 0.15) is 0 Å². The Morgan fingerprint density at radius 2 is 2.12 bits per heavy atom. The van der Waals surface area contributed by atoms with Gasteiger partial charge in [-0.3, -0.25) is 0 Å². The maximum absolute atomic E-state index is 4.84. The zero-order valence-corrected chi connectivity index (χ0v) is 6.33. The second kappa shape index (κ2) is 3.00. The Labute approximate surface area is 61.0 Å². The molecule has 0 aliphatic carbocycles. The molecule has 0 saturated heterocycles. The van der Waals surface area contributed by atoms with Crippen LogP contribution in [0.4, 0.5) is 0 Å². The molecular formula is C6H7OV-. The van der Waals surface area contributed by atoms with Gasteiger partial charge in [-0.2, -0.15) is 6.07 Å². The van der Waals surface area contributed by atoms with E-state index in [-0.39, 0.29) is 18.6 Å². The molecule has 0 spiro atoms. The molecular weight excluding hydrogens is 139 g/mol. The minimum Gasteiger partial charge on any atom is -0.596 e. The first-order valence-corrected chi connectivity index (χ1v) is 2.24. The van der Waals surface area contributed by atoms with Crippen molar-refractivity contribution >= 4 is 0 Å². The predicted octanol–water partition coefficient (Wildman–Crippen LogP) is 1.69. The van der Waals surface area contributed by atoms with Crippen LogP contribution in [0.3, 0.4) is 0 Å². The van der Waals surface area contributed by atoms with E-state index in [0.717, 1.165) is 11.3 Å². The van der Waals surface area contributed by atoms with Gasteiger partial charge >= 0.3 is 0 Å². The molecule has 0 aliphatic heterocycles. The van der Waals surface area contributed by atoms with E-state index >= 15 is 0 Å². The van der Waals surface area contributed by atoms with Gasteiger partial charge in [0.2, 0.25) is 0 Å². The molecule has 1 nitrogen and oxygen atoms in total. The SMILES string of the molecule is Cc1[c-]oc(C)c1.[V]. The second-order valence-electron chi connectivity index (χ2n) is 1.64. The van der Waals surface area contributed by atoms with Crippen molar-refractivity contribution in [1.29, 1.82) is 0 Å². The molecule has 0 aliphatic rings. The summed E-state index contributed by atoms with van der Waals surface area (Å²) in [6.45, 7) is 3.86. The van der Waals surface area contributed by atoms with Crippen LogP contribution in [0.5, 0.6) is 0 Å². The van der Waals surface area contributed by atoms with E-state index in [2.05, 4.69) is 6.26 Å². The van der Waals surface area contributed by atoms with Crippen molar-refractivity contribution in [2.45, 2.75) is 13.8 Å². The van der Waals surface area contributed by atoms with Crippen LogP contribution in [0.15, 0.2) is 10.5 Å². The van der Waals surface area contributed by atoms with Crippen LogP contribution < -0.4 is 0 Å². The topological polar surface area (TPSA) is 13.1 Å². The van der Waals surface area contributed by atoms with Gasteiger partial charge in [-0.05, 0) is 6.26 Å². The number of aryl methyl sites for hydroxylation is 2. The van der Waals surface area contributed by atoms with Crippen molar-refractivity contribution in [2.75, 3.05) is 0 Å². The van der Waals surface area contributed by atoms with Crippen molar-refractivity contribution in [3.8, 4) is 0 Å². The van der Waals surface area contributed by atoms with Crippen molar-refractivity contribution < 1.29 is 23.0 Å². The monoisotopic (exact) mass is 146 g/mol. The molecule has 1 aromatic heterocycles. The number of rotatable bonds is 0. The van der Waals surface area contributed by atoms with Gasteiger partial charge in [0.25, 0.3) is 0 Å². The summed E-state index contributed by atoms with van der Waals surface area (Å²) in [5, 5.41) is 0. The zero-order chi connectivity index (χ0) is 5.28. The van der Waals surface area contributed by atoms with Crippen LogP contribution in [0.1, 0.15) is 11.3 Å². The van der Waals surface area contributed by atoms with E-state index < -0.39 is 0 Å². The van der Waals surface area contributed by atoms with Gasteiger partial charge in [0.05, 0.1) is 0 Å². The molecule has 0 amide bonds. The molecule has 1 aromatic rings. The molecule has 0 N–H and O–H groups in total. The van der Waals surface area contributed by atoms with Gasteiger partial charge in [-0.1, -0.05) is 19.6 Å². The summed E-state index contributed by atoms with van der Waals surface area (Å²) in [6, 6.07) is 1.94. The third-order valence-electron chi connectivity index (χ3n) is 0.793. The van der Waals surface area contributed by atoms with Gasteiger partial charge in [0, 0.05) is 18.6 Å². The van der Waals surface area contributed by atoms with Crippen molar-refractivity contribution in [2.24, 2.45) is 0 Å². The minimum absolute atomic E-state index is 0. The van der Waals surface area contributed by atoms with Crippen LogP contribution in [-0.4, -0.2) is 0 Å². The summed E-state index contributed by atoms with van der Waals surface area (Å²) in [5.41, 5.74) is 1.07. The third kappa shape index (κ3) is 1.77. The molecule has 0 bridgehead atoms. The fourth-order valence-corrected chi connectivity index (χ4v) is 0.525. The van der Waals surface area contributed by atoms with Crippen molar-refractivity contribution in [3.63, 3.8) is 0 Å². The summed E-state index contributed by atoms with van der Waals surface area (Å²) in [7, 11) is 0. The van der Waals surface area contributed by atoms with Crippen LogP contribution >= 0.6 is 0 Å². The molecule has 43 valence electrons. The average molecular weight is 146 g/mol. The van der Waals surface area contributed by atoms with Crippen LogP contribution in [0.2, 0.25) is 0 Å². The summed E-state index contributed by atoms with van der Waals surface area (Å²) in [4.78, 5) is 0. The number of furan rings is 1. The van der Waals surface area contributed by atoms with Gasteiger partial charge in [-0.25, -0.2) is 0 Å². The minimum atomic E-state index is 0. The first-order chi connectivity index (χ1) is 3.29. The van der Waals surface area contributed by atoms with E-state index in [0.29, 0.717) is 0 Å². The van der Waals surface area contributed by atoms with Gasteiger partial charge in [0.15, 0.2) is 0 Å². The Hall–Kier alpha value is -0.136. The summed E-state index contributed by atoms with van der Waals surface area (Å²) >= 11 is 0. The Bertz CT molecular complexity index is 141. The fraction of sp³-hybridized carbons (Fsp3) is 0.333. The molecule has 0 atom stereocenters. The smallest absolute Gasteiger partial charge is 0 e. The van der Waals surface area contributed by atoms with Crippen LogP contribution in [0, 0.1) is 20.1 Å². The number of hydrogen-bond donors (Lipinski definition) is 0. The van der Waals surface area contributed by atoms with E-state index in [1.165, 1.54) is 0 Å². The summed E-state index contributed by atoms with van der Waals surface area (Å²) in [5.74, 6) is 0.928. The Morgan fingerprint density at radius 3 is 2.25 bits per heavy atom. The number of hydrogen-bond acceptors (Lipinski definition) is 1. The first kappa shape index (κ1) is 7.86. The Morgan fingerprint density at radius 1 is 1.50 bits per heavy atom. The van der Waals surface area contributed by atoms with Gasteiger partial charge in [-0.15, -0.1) is 5.56 Å². The molecule has 2 heteroatoms. The molecule has 1 radical (unpaired) electrons. The molecule has 8 heavy (non-hydrogen) atoms. The van der Waals surface area contributed by atoms with Crippen LogP contribution in [-0.2, 0) is 18.6 Å². The van der Waals surface area contributed by atoms with E-state index in [1.54, 1.807) is 0 Å². The largest absolute Gasteiger partial charge is 0.596 e. The van der Waals surface area contributed by atoms with E-state index in [9.17, 15) is 0 Å². The summed E-state index contributed by atoms with van der Waals surface area (Å²) in [6.07, 6.45) is 2.69. The quantitative estimate of drug-likeness (QED) is 0.507. The third-order valence-corrected chi connectivity index (χ3v) is 0.793. The zero-order valence-electron chi connectivity index (χ0n) is 4.93.